The van der Waals surface area contributed by atoms with Gasteiger partial charge in [0, 0.05) is 12.4 Å². The first-order chi connectivity index (χ1) is 8.16. The molecular weight excluding hydrogens is 278 g/mol. The van der Waals surface area contributed by atoms with E-state index in [9.17, 15) is 0 Å². The predicted molar refractivity (Wildman–Crippen MR) is 72.9 cm³/mol. The minimum absolute atomic E-state index is 0.214. The third-order valence-electron chi connectivity index (χ3n) is 2.58. The molecule has 0 radical (unpaired) electrons. The van der Waals surface area contributed by atoms with Crippen LogP contribution in [0.3, 0.4) is 0 Å². The smallest absolute Gasteiger partial charge is 0.109 e. The highest BCUT2D eigenvalue weighted by Crippen LogP contribution is 2.21. The second kappa shape index (κ2) is 5.27. The van der Waals surface area contributed by atoms with Crippen LogP contribution in [-0.2, 0) is 0 Å². The number of hydrogen-bond acceptors (Lipinski definition) is 3. The minimum atomic E-state index is 0.214. The molecule has 0 saturated heterocycles. The number of anilines is 1. The Labute approximate surface area is 109 Å². The Morgan fingerprint density at radius 2 is 2.18 bits per heavy atom. The fraction of sp³-hybridized carbons (Fsp3) is 0.231. The lowest BCUT2D eigenvalue weighted by molar-refractivity contribution is 0.873. The standard InChI is InChI=1S/C13H14BrN3/c1-9-6-12(8-16-13(9)14)17-10(2)11-4-3-5-15-7-11/h3-8,10,17H,1-2H3. The minimum Gasteiger partial charge on any atom is -0.377 e. The number of nitrogens with zero attached hydrogens (tertiary/aromatic N) is 2. The maximum Gasteiger partial charge on any atom is 0.109 e. The zero-order valence-electron chi connectivity index (χ0n) is 9.81. The molecule has 2 heterocycles. The summed E-state index contributed by atoms with van der Waals surface area (Å²) >= 11 is 3.39. The fourth-order valence-electron chi connectivity index (χ4n) is 1.60. The molecule has 0 aliphatic heterocycles. The Balaban J connectivity index is 2.13. The van der Waals surface area contributed by atoms with Gasteiger partial charge in [0.1, 0.15) is 4.60 Å². The second-order valence-electron chi connectivity index (χ2n) is 3.98. The first-order valence-electron chi connectivity index (χ1n) is 5.45. The zero-order chi connectivity index (χ0) is 12.3. The van der Waals surface area contributed by atoms with E-state index in [-0.39, 0.29) is 6.04 Å². The number of halogens is 1. The molecule has 1 N–H and O–H groups in total. The molecule has 0 aromatic carbocycles. The van der Waals surface area contributed by atoms with Crippen LogP contribution in [0.2, 0.25) is 0 Å². The molecule has 1 unspecified atom stereocenters. The predicted octanol–water partition coefficient (Wildman–Crippen LogP) is 3.72. The first kappa shape index (κ1) is 12.0. The number of nitrogens with one attached hydrogen (secondary N) is 1. The maximum atomic E-state index is 4.26. The van der Waals surface area contributed by atoms with Gasteiger partial charge in [0.2, 0.25) is 0 Å². The van der Waals surface area contributed by atoms with Crippen LogP contribution in [0, 0.1) is 6.92 Å². The molecule has 0 amide bonds. The monoisotopic (exact) mass is 291 g/mol. The zero-order valence-corrected chi connectivity index (χ0v) is 11.4. The van der Waals surface area contributed by atoms with Crippen molar-refractivity contribution in [3.63, 3.8) is 0 Å². The van der Waals surface area contributed by atoms with Crippen LogP contribution in [0.4, 0.5) is 5.69 Å². The normalized spacial score (nSPS) is 12.2. The Hall–Kier alpha value is -1.42. The van der Waals surface area contributed by atoms with Crippen LogP contribution in [0.1, 0.15) is 24.1 Å². The quantitative estimate of drug-likeness (QED) is 0.876. The molecule has 4 heteroatoms. The lowest BCUT2D eigenvalue weighted by atomic mass is 10.1. The van der Waals surface area contributed by atoms with Crippen LogP contribution in [0.5, 0.6) is 0 Å². The van der Waals surface area contributed by atoms with Gasteiger partial charge in [-0.2, -0.15) is 0 Å². The molecule has 0 fully saturated rings. The Bertz CT molecular complexity index is 499. The molecule has 0 aliphatic carbocycles. The number of hydrogen-bond donors (Lipinski definition) is 1. The molecular formula is C13H14BrN3. The average molecular weight is 292 g/mol. The van der Waals surface area contributed by atoms with E-state index in [0.29, 0.717) is 0 Å². The summed E-state index contributed by atoms with van der Waals surface area (Å²) in [4.78, 5) is 8.38. The summed E-state index contributed by atoms with van der Waals surface area (Å²) in [5.74, 6) is 0. The lowest BCUT2D eigenvalue weighted by Gasteiger charge is -2.15. The Kier molecular flexibility index (Phi) is 3.74. The lowest BCUT2D eigenvalue weighted by Crippen LogP contribution is -2.07. The van der Waals surface area contributed by atoms with Gasteiger partial charge in [-0.3, -0.25) is 4.98 Å². The fourth-order valence-corrected chi connectivity index (χ4v) is 1.82. The number of pyridine rings is 2. The summed E-state index contributed by atoms with van der Waals surface area (Å²) in [5, 5.41) is 3.40. The van der Waals surface area contributed by atoms with Gasteiger partial charge in [-0.1, -0.05) is 6.07 Å². The molecule has 1 atom stereocenters. The molecule has 0 aliphatic rings. The van der Waals surface area contributed by atoms with E-state index in [1.54, 1.807) is 6.20 Å². The number of aryl methyl sites for hydroxylation is 1. The van der Waals surface area contributed by atoms with E-state index in [0.717, 1.165) is 21.4 Å². The molecule has 3 nitrogen and oxygen atoms in total. The van der Waals surface area contributed by atoms with Crippen molar-refractivity contribution in [2.24, 2.45) is 0 Å². The molecule has 17 heavy (non-hydrogen) atoms. The van der Waals surface area contributed by atoms with Crippen molar-refractivity contribution in [2.75, 3.05) is 5.32 Å². The largest absolute Gasteiger partial charge is 0.377 e. The van der Waals surface area contributed by atoms with Gasteiger partial charge in [-0.05, 0) is 53.0 Å². The van der Waals surface area contributed by atoms with E-state index < -0.39 is 0 Å². The number of aromatic nitrogens is 2. The highest BCUT2D eigenvalue weighted by atomic mass is 79.9. The molecule has 88 valence electrons. The van der Waals surface area contributed by atoms with Crippen molar-refractivity contribution in [3.8, 4) is 0 Å². The Morgan fingerprint density at radius 3 is 2.82 bits per heavy atom. The SMILES string of the molecule is Cc1cc(NC(C)c2cccnc2)cnc1Br. The molecule has 0 saturated carbocycles. The van der Waals surface area contributed by atoms with Crippen molar-refractivity contribution in [1.29, 1.82) is 0 Å². The van der Waals surface area contributed by atoms with Crippen molar-refractivity contribution in [1.82, 2.24) is 9.97 Å². The van der Waals surface area contributed by atoms with Gasteiger partial charge < -0.3 is 5.32 Å². The highest BCUT2D eigenvalue weighted by Gasteiger charge is 2.06. The van der Waals surface area contributed by atoms with Crippen LogP contribution in [0.25, 0.3) is 0 Å². The molecule has 0 spiro atoms. The van der Waals surface area contributed by atoms with Crippen LogP contribution >= 0.6 is 15.9 Å². The van der Waals surface area contributed by atoms with Gasteiger partial charge in [0.15, 0.2) is 0 Å². The van der Waals surface area contributed by atoms with E-state index in [1.807, 2.05) is 25.4 Å². The van der Waals surface area contributed by atoms with E-state index in [4.69, 9.17) is 0 Å². The van der Waals surface area contributed by atoms with Gasteiger partial charge in [0.25, 0.3) is 0 Å². The van der Waals surface area contributed by atoms with Gasteiger partial charge in [-0.25, -0.2) is 4.98 Å². The highest BCUT2D eigenvalue weighted by molar-refractivity contribution is 9.10. The molecule has 2 rings (SSSR count). The van der Waals surface area contributed by atoms with E-state index in [2.05, 4.69) is 50.3 Å². The summed E-state index contributed by atoms with van der Waals surface area (Å²) in [6.45, 7) is 4.13. The Morgan fingerprint density at radius 1 is 1.35 bits per heavy atom. The summed E-state index contributed by atoms with van der Waals surface area (Å²) in [6.07, 6.45) is 5.47. The summed E-state index contributed by atoms with van der Waals surface area (Å²) in [7, 11) is 0. The van der Waals surface area contributed by atoms with Crippen LogP contribution in [-0.4, -0.2) is 9.97 Å². The van der Waals surface area contributed by atoms with E-state index in [1.165, 1.54) is 0 Å². The van der Waals surface area contributed by atoms with Crippen molar-refractivity contribution in [2.45, 2.75) is 19.9 Å². The van der Waals surface area contributed by atoms with Crippen molar-refractivity contribution >= 4 is 21.6 Å². The second-order valence-corrected chi connectivity index (χ2v) is 4.74. The topological polar surface area (TPSA) is 37.8 Å². The number of rotatable bonds is 3. The molecule has 0 bridgehead atoms. The van der Waals surface area contributed by atoms with Crippen LogP contribution in [0.15, 0.2) is 41.4 Å². The van der Waals surface area contributed by atoms with Crippen molar-refractivity contribution in [3.05, 3.63) is 52.5 Å². The third kappa shape index (κ3) is 3.03. The van der Waals surface area contributed by atoms with Crippen molar-refractivity contribution < 1.29 is 0 Å². The molecule has 2 aromatic rings. The van der Waals surface area contributed by atoms with Crippen LogP contribution < -0.4 is 5.32 Å². The van der Waals surface area contributed by atoms with Gasteiger partial charge >= 0.3 is 0 Å². The third-order valence-corrected chi connectivity index (χ3v) is 3.41. The molecule has 2 aromatic heterocycles. The summed E-state index contributed by atoms with van der Waals surface area (Å²) < 4.78 is 0.886. The van der Waals surface area contributed by atoms with E-state index >= 15 is 0 Å². The summed E-state index contributed by atoms with van der Waals surface area (Å²) in [6, 6.07) is 6.29. The van der Waals surface area contributed by atoms with Gasteiger partial charge in [0.05, 0.1) is 17.9 Å². The average Bonchev–Trinajstić information content (AvgIpc) is 2.35. The first-order valence-corrected chi connectivity index (χ1v) is 6.24. The summed E-state index contributed by atoms with van der Waals surface area (Å²) in [5.41, 5.74) is 3.29. The maximum absolute atomic E-state index is 4.26. The van der Waals surface area contributed by atoms with Gasteiger partial charge in [-0.15, -0.1) is 0 Å².